The van der Waals surface area contributed by atoms with Crippen LogP contribution >= 0.6 is 0 Å². The second kappa shape index (κ2) is 6.13. The van der Waals surface area contributed by atoms with Crippen LogP contribution in [0.3, 0.4) is 0 Å². The molecule has 0 spiro atoms. The van der Waals surface area contributed by atoms with Gasteiger partial charge in [-0.1, -0.05) is 12.1 Å². The Labute approximate surface area is 141 Å². The van der Waals surface area contributed by atoms with Gasteiger partial charge < -0.3 is 4.74 Å². The lowest BCUT2D eigenvalue weighted by Gasteiger charge is -2.13. The minimum atomic E-state index is -3.32. The summed E-state index contributed by atoms with van der Waals surface area (Å²) in [6.07, 6.45) is 2.86. The molecule has 0 atom stereocenters. The average Bonchev–Trinajstić information content (AvgIpc) is 2.54. The Morgan fingerprint density at radius 3 is 2.62 bits per heavy atom. The van der Waals surface area contributed by atoms with E-state index in [-0.39, 0.29) is 0 Å². The number of nitrogens with zero attached hydrogens (tertiary/aromatic N) is 1. The van der Waals surface area contributed by atoms with E-state index in [9.17, 15) is 8.42 Å². The number of aryl methyl sites for hydroxylation is 1. The number of anilines is 1. The number of fused-ring (bicyclic) bond motifs is 1. The van der Waals surface area contributed by atoms with Gasteiger partial charge in [0.2, 0.25) is 10.0 Å². The van der Waals surface area contributed by atoms with Gasteiger partial charge in [0.1, 0.15) is 11.3 Å². The van der Waals surface area contributed by atoms with Gasteiger partial charge >= 0.3 is 0 Å². The van der Waals surface area contributed by atoms with E-state index < -0.39 is 10.0 Å². The lowest BCUT2D eigenvalue weighted by Crippen LogP contribution is -2.09. The molecule has 2 aromatic carbocycles. The third-order valence-corrected chi connectivity index (χ3v) is 4.35. The van der Waals surface area contributed by atoms with Gasteiger partial charge in [-0.2, -0.15) is 0 Å². The maximum absolute atomic E-state index is 11.5. The predicted octanol–water partition coefficient (Wildman–Crippen LogP) is 3.59. The Balaban J connectivity index is 2.18. The Bertz CT molecular complexity index is 1010. The summed E-state index contributed by atoms with van der Waals surface area (Å²) in [7, 11) is -1.71. The number of nitrogens with one attached hydrogen (secondary N) is 1. The summed E-state index contributed by atoms with van der Waals surface area (Å²) in [6, 6.07) is 13.3. The molecule has 0 saturated heterocycles. The quantitative estimate of drug-likeness (QED) is 0.787. The molecule has 1 aromatic heterocycles. The number of ether oxygens (including phenoxy) is 1. The van der Waals surface area contributed by atoms with Crippen molar-refractivity contribution in [2.24, 2.45) is 0 Å². The first-order chi connectivity index (χ1) is 11.4. The molecule has 0 amide bonds. The van der Waals surface area contributed by atoms with Crippen LogP contribution in [0.4, 0.5) is 5.69 Å². The van der Waals surface area contributed by atoms with Crippen LogP contribution in [-0.2, 0) is 10.0 Å². The first-order valence-electron chi connectivity index (χ1n) is 7.39. The normalized spacial score (nSPS) is 11.5. The first-order valence-corrected chi connectivity index (χ1v) is 9.28. The van der Waals surface area contributed by atoms with E-state index in [1.165, 1.54) is 0 Å². The Hall–Kier alpha value is -2.60. The zero-order valence-corrected chi connectivity index (χ0v) is 14.5. The molecule has 24 heavy (non-hydrogen) atoms. The van der Waals surface area contributed by atoms with Crippen LogP contribution in [0, 0.1) is 6.92 Å². The molecular formula is C18H18N2O3S. The van der Waals surface area contributed by atoms with Gasteiger partial charge in [0, 0.05) is 17.3 Å². The lowest BCUT2D eigenvalue weighted by atomic mass is 9.98. The summed E-state index contributed by atoms with van der Waals surface area (Å²) in [5.41, 5.74) is 4.25. The molecule has 0 fully saturated rings. The van der Waals surface area contributed by atoms with Crippen molar-refractivity contribution in [2.45, 2.75) is 6.92 Å². The summed E-state index contributed by atoms with van der Waals surface area (Å²) in [6.45, 7) is 1.99. The highest BCUT2D eigenvalue weighted by Crippen LogP contribution is 2.34. The summed E-state index contributed by atoms with van der Waals surface area (Å²) >= 11 is 0. The minimum Gasteiger partial charge on any atom is -0.494 e. The van der Waals surface area contributed by atoms with E-state index in [1.54, 1.807) is 19.4 Å². The molecule has 124 valence electrons. The minimum absolute atomic E-state index is 0.531. The Morgan fingerprint density at radius 1 is 1.12 bits per heavy atom. The van der Waals surface area contributed by atoms with E-state index in [4.69, 9.17) is 4.74 Å². The Morgan fingerprint density at radius 2 is 1.92 bits per heavy atom. The SMILES string of the molecule is COc1cc(-c2cc(NS(C)(=O)=O)ccc2C)cc2cccnc12. The topological polar surface area (TPSA) is 68.3 Å². The molecule has 0 radical (unpaired) electrons. The van der Waals surface area contributed by atoms with Gasteiger partial charge in [0.05, 0.1) is 13.4 Å². The maximum Gasteiger partial charge on any atom is 0.229 e. The van der Waals surface area contributed by atoms with Crippen molar-refractivity contribution in [3.05, 3.63) is 54.2 Å². The number of aromatic nitrogens is 1. The van der Waals surface area contributed by atoms with Gasteiger partial charge in [0.15, 0.2) is 0 Å². The molecule has 1 N–H and O–H groups in total. The highest BCUT2D eigenvalue weighted by atomic mass is 32.2. The van der Waals surface area contributed by atoms with Gasteiger partial charge in [-0.3, -0.25) is 9.71 Å². The molecule has 1 heterocycles. The van der Waals surface area contributed by atoms with Crippen molar-refractivity contribution >= 4 is 26.6 Å². The Kier molecular flexibility index (Phi) is 4.15. The largest absolute Gasteiger partial charge is 0.494 e. The number of sulfonamides is 1. The summed E-state index contributed by atoms with van der Waals surface area (Å²) < 4.78 is 30.9. The number of benzene rings is 2. The standard InChI is InChI=1S/C18H18N2O3S/c1-12-6-7-15(20-24(3,21)22)11-16(12)14-9-13-5-4-8-19-18(13)17(10-14)23-2/h4-11,20H,1-3H3. The van der Waals surface area contributed by atoms with Crippen molar-refractivity contribution < 1.29 is 13.2 Å². The van der Waals surface area contributed by atoms with Gasteiger partial charge in [-0.05, 0) is 53.9 Å². The van der Waals surface area contributed by atoms with E-state index in [0.29, 0.717) is 11.4 Å². The van der Waals surface area contributed by atoms with Crippen molar-refractivity contribution in [1.82, 2.24) is 4.98 Å². The molecule has 0 aliphatic rings. The fraction of sp³-hybridized carbons (Fsp3) is 0.167. The number of methoxy groups -OCH3 is 1. The number of rotatable bonds is 4. The number of hydrogen-bond acceptors (Lipinski definition) is 4. The maximum atomic E-state index is 11.5. The van der Waals surface area contributed by atoms with Crippen molar-refractivity contribution in [2.75, 3.05) is 18.1 Å². The molecule has 0 bridgehead atoms. The molecule has 0 saturated carbocycles. The summed E-state index contributed by atoms with van der Waals surface area (Å²) in [4.78, 5) is 4.36. The molecule has 0 aliphatic carbocycles. The van der Waals surface area contributed by atoms with Crippen LogP contribution in [0.1, 0.15) is 5.56 Å². The molecule has 3 aromatic rings. The highest BCUT2D eigenvalue weighted by Gasteiger charge is 2.11. The molecule has 6 heteroatoms. The molecule has 0 unspecified atom stereocenters. The second-order valence-corrected chi connectivity index (χ2v) is 7.41. The molecule has 3 rings (SSSR count). The number of hydrogen-bond donors (Lipinski definition) is 1. The van der Waals surface area contributed by atoms with E-state index in [0.717, 1.165) is 33.8 Å². The monoisotopic (exact) mass is 342 g/mol. The zero-order valence-electron chi connectivity index (χ0n) is 13.7. The highest BCUT2D eigenvalue weighted by molar-refractivity contribution is 7.92. The second-order valence-electron chi connectivity index (χ2n) is 5.66. The average molecular weight is 342 g/mol. The molecule has 0 aliphatic heterocycles. The van der Waals surface area contributed by atoms with Crippen LogP contribution in [0.2, 0.25) is 0 Å². The fourth-order valence-corrected chi connectivity index (χ4v) is 3.24. The van der Waals surface area contributed by atoms with Crippen LogP contribution < -0.4 is 9.46 Å². The van der Waals surface area contributed by atoms with Crippen molar-refractivity contribution in [3.8, 4) is 16.9 Å². The first kappa shape index (κ1) is 16.3. The van der Waals surface area contributed by atoms with Gasteiger partial charge in [-0.25, -0.2) is 8.42 Å². The lowest BCUT2D eigenvalue weighted by molar-refractivity contribution is 0.419. The van der Waals surface area contributed by atoms with Gasteiger partial charge in [0.25, 0.3) is 0 Å². The fourth-order valence-electron chi connectivity index (χ4n) is 2.68. The van der Waals surface area contributed by atoms with Crippen LogP contribution in [-0.4, -0.2) is 26.8 Å². The van der Waals surface area contributed by atoms with Gasteiger partial charge in [-0.15, -0.1) is 0 Å². The van der Waals surface area contributed by atoms with Crippen LogP contribution in [0.5, 0.6) is 5.75 Å². The van der Waals surface area contributed by atoms with E-state index in [1.807, 2.05) is 43.3 Å². The molecule has 5 nitrogen and oxygen atoms in total. The number of pyridine rings is 1. The summed E-state index contributed by atoms with van der Waals surface area (Å²) in [5, 5.41) is 0.965. The van der Waals surface area contributed by atoms with E-state index >= 15 is 0 Å². The summed E-state index contributed by atoms with van der Waals surface area (Å²) in [5.74, 6) is 0.684. The van der Waals surface area contributed by atoms with Crippen molar-refractivity contribution in [3.63, 3.8) is 0 Å². The zero-order chi connectivity index (χ0) is 17.3. The predicted molar refractivity (Wildman–Crippen MR) is 96.9 cm³/mol. The van der Waals surface area contributed by atoms with Crippen LogP contribution in [0.25, 0.3) is 22.0 Å². The molecular weight excluding hydrogens is 324 g/mol. The van der Waals surface area contributed by atoms with Crippen molar-refractivity contribution in [1.29, 1.82) is 0 Å². The smallest absolute Gasteiger partial charge is 0.229 e. The third-order valence-electron chi connectivity index (χ3n) is 3.74. The third kappa shape index (κ3) is 3.33. The van der Waals surface area contributed by atoms with E-state index in [2.05, 4.69) is 9.71 Å². The van der Waals surface area contributed by atoms with Crippen LogP contribution in [0.15, 0.2) is 48.7 Å².